The van der Waals surface area contributed by atoms with Crippen LogP contribution in [0.3, 0.4) is 0 Å². The van der Waals surface area contributed by atoms with E-state index >= 15 is 0 Å². The topological polar surface area (TPSA) is 34.1 Å². The van der Waals surface area contributed by atoms with Gasteiger partial charge in [0.15, 0.2) is 0 Å². The van der Waals surface area contributed by atoms with E-state index in [2.05, 4.69) is 24.1 Å². The third-order valence-corrected chi connectivity index (χ3v) is 4.02. The van der Waals surface area contributed by atoms with Crippen molar-refractivity contribution in [2.45, 2.75) is 44.9 Å². The minimum atomic E-state index is 0.367. The van der Waals surface area contributed by atoms with Gasteiger partial charge in [-0.1, -0.05) is 0 Å². The molecule has 4 heteroatoms. The Labute approximate surface area is 94.9 Å². The molecule has 0 aromatic carbocycles. The Morgan fingerprint density at radius 1 is 1.60 bits per heavy atom. The van der Waals surface area contributed by atoms with Gasteiger partial charge in [0.1, 0.15) is 5.01 Å². The summed E-state index contributed by atoms with van der Waals surface area (Å²) >= 11 is 1.77. The van der Waals surface area contributed by atoms with Crippen molar-refractivity contribution < 1.29 is 4.74 Å². The lowest BCUT2D eigenvalue weighted by atomic mass is 9.89. The SMILES string of the molecule is COC1CC(NC(C)c2ncc(C)s2)C1. The highest BCUT2D eigenvalue weighted by atomic mass is 32.1. The van der Waals surface area contributed by atoms with Crippen LogP contribution >= 0.6 is 11.3 Å². The van der Waals surface area contributed by atoms with Crippen molar-refractivity contribution in [2.75, 3.05) is 7.11 Å². The van der Waals surface area contributed by atoms with Crippen molar-refractivity contribution in [1.82, 2.24) is 10.3 Å². The maximum atomic E-state index is 5.25. The maximum absolute atomic E-state index is 5.25. The zero-order chi connectivity index (χ0) is 10.8. The summed E-state index contributed by atoms with van der Waals surface area (Å²) in [4.78, 5) is 5.67. The van der Waals surface area contributed by atoms with Crippen molar-refractivity contribution in [3.05, 3.63) is 16.1 Å². The largest absolute Gasteiger partial charge is 0.381 e. The molecule has 0 bridgehead atoms. The minimum absolute atomic E-state index is 0.367. The normalized spacial score (nSPS) is 27.4. The summed E-state index contributed by atoms with van der Waals surface area (Å²) in [6, 6.07) is 0.973. The summed E-state index contributed by atoms with van der Waals surface area (Å²) < 4.78 is 5.25. The third-order valence-electron chi connectivity index (χ3n) is 2.92. The van der Waals surface area contributed by atoms with Crippen molar-refractivity contribution >= 4 is 11.3 Å². The number of nitrogens with one attached hydrogen (secondary N) is 1. The molecule has 1 saturated carbocycles. The van der Waals surface area contributed by atoms with Crippen LogP contribution in [0.4, 0.5) is 0 Å². The van der Waals surface area contributed by atoms with E-state index in [1.807, 2.05) is 6.20 Å². The number of ether oxygens (including phenoxy) is 1. The first-order valence-corrected chi connectivity index (χ1v) is 6.22. The molecule has 3 nitrogen and oxygen atoms in total. The molecule has 1 aliphatic carbocycles. The second-order valence-electron chi connectivity index (χ2n) is 4.22. The van der Waals surface area contributed by atoms with Gasteiger partial charge in [0, 0.05) is 24.2 Å². The number of aromatic nitrogens is 1. The summed E-state index contributed by atoms with van der Waals surface area (Å²) in [6.45, 7) is 4.27. The maximum Gasteiger partial charge on any atom is 0.109 e. The van der Waals surface area contributed by atoms with Gasteiger partial charge in [0.2, 0.25) is 0 Å². The number of thiazole rings is 1. The molecule has 1 N–H and O–H groups in total. The predicted molar refractivity (Wildman–Crippen MR) is 62.2 cm³/mol. The second-order valence-corrected chi connectivity index (χ2v) is 5.49. The van der Waals surface area contributed by atoms with E-state index in [9.17, 15) is 0 Å². The van der Waals surface area contributed by atoms with Gasteiger partial charge in [-0.2, -0.15) is 0 Å². The van der Waals surface area contributed by atoms with Crippen LogP contribution in [0.2, 0.25) is 0 Å². The van der Waals surface area contributed by atoms with E-state index in [-0.39, 0.29) is 0 Å². The van der Waals surface area contributed by atoms with Crippen LogP contribution in [0.25, 0.3) is 0 Å². The van der Waals surface area contributed by atoms with E-state index < -0.39 is 0 Å². The molecule has 0 aliphatic heterocycles. The highest BCUT2D eigenvalue weighted by Gasteiger charge is 2.30. The molecule has 1 atom stereocenters. The summed E-state index contributed by atoms with van der Waals surface area (Å²) in [7, 11) is 1.79. The molecule has 1 heterocycles. The number of hydrogen-bond donors (Lipinski definition) is 1. The molecule has 15 heavy (non-hydrogen) atoms. The Balaban J connectivity index is 1.81. The van der Waals surface area contributed by atoms with Crippen molar-refractivity contribution in [1.29, 1.82) is 0 Å². The Morgan fingerprint density at radius 2 is 2.33 bits per heavy atom. The van der Waals surface area contributed by atoms with Crippen LogP contribution in [0.5, 0.6) is 0 Å². The molecular weight excluding hydrogens is 208 g/mol. The summed E-state index contributed by atoms with van der Waals surface area (Å²) in [6.07, 6.45) is 4.67. The zero-order valence-corrected chi connectivity index (χ0v) is 10.3. The second kappa shape index (κ2) is 4.60. The average Bonchev–Trinajstić information content (AvgIpc) is 2.57. The van der Waals surface area contributed by atoms with E-state index in [0.717, 1.165) is 12.8 Å². The van der Waals surface area contributed by atoms with E-state index in [4.69, 9.17) is 4.74 Å². The van der Waals surface area contributed by atoms with Crippen molar-refractivity contribution in [3.63, 3.8) is 0 Å². The molecule has 1 aromatic rings. The molecule has 0 radical (unpaired) electrons. The predicted octanol–water partition coefficient (Wildman–Crippen LogP) is 2.28. The molecular formula is C11H18N2OS. The first-order chi connectivity index (χ1) is 7.19. The molecule has 1 aliphatic rings. The van der Waals surface area contributed by atoms with Gasteiger partial charge in [-0.25, -0.2) is 4.98 Å². The molecule has 0 spiro atoms. The number of nitrogens with zero attached hydrogens (tertiary/aromatic N) is 1. The lowest BCUT2D eigenvalue weighted by Crippen LogP contribution is -2.45. The number of rotatable bonds is 4. The lowest BCUT2D eigenvalue weighted by molar-refractivity contribution is 0.0147. The Bertz CT molecular complexity index is 320. The Morgan fingerprint density at radius 3 is 2.87 bits per heavy atom. The van der Waals surface area contributed by atoms with Crippen molar-refractivity contribution in [2.24, 2.45) is 0 Å². The van der Waals surface area contributed by atoms with Gasteiger partial charge in [0.05, 0.1) is 12.1 Å². The van der Waals surface area contributed by atoms with Gasteiger partial charge in [0.25, 0.3) is 0 Å². The molecule has 1 fully saturated rings. The third kappa shape index (κ3) is 2.56. The van der Waals surface area contributed by atoms with Gasteiger partial charge in [-0.15, -0.1) is 11.3 Å². The van der Waals surface area contributed by atoms with Gasteiger partial charge in [-0.3, -0.25) is 0 Å². The van der Waals surface area contributed by atoms with Gasteiger partial charge < -0.3 is 10.1 Å². The molecule has 1 aromatic heterocycles. The highest BCUT2D eigenvalue weighted by Crippen LogP contribution is 2.26. The lowest BCUT2D eigenvalue weighted by Gasteiger charge is -2.36. The average molecular weight is 226 g/mol. The van der Waals surface area contributed by atoms with Gasteiger partial charge in [-0.05, 0) is 26.7 Å². The van der Waals surface area contributed by atoms with Crippen LogP contribution in [0.15, 0.2) is 6.20 Å². The molecule has 0 amide bonds. The fourth-order valence-electron chi connectivity index (χ4n) is 1.89. The van der Waals surface area contributed by atoms with Crippen LogP contribution in [-0.4, -0.2) is 24.2 Å². The highest BCUT2D eigenvalue weighted by molar-refractivity contribution is 7.11. The summed E-state index contributed by atoms with van der Waals surface area (Å²) in [5.74, 6) is 0. The smallest absolute Gasteiger partial charge is 0.109 e. The fourth-order valence-corrected chi connectivity index (χ4v) is 2.68. The first-order valence-electron chi connectivity index (χ1n) is 5.40. The summed E-state index contributed by atoms with van der Waals surface area (Å²) in [5, 5.41) is 4.77. The Kier molecular flexibility index (Phi) is 3.38. The number of hydrogen-bond acceptors (Lipinski definition) is 4. The van der Waals surface area contributed by atoms with Crippen LogP contribution in [-0.2, 0) is 4.74 Å². The molecule has 2 rings (SSSR count). The van der Waals surface area contributed by atoms with E-state index in [0.29, 0.717) is 18.2 Å². The number of aryl methyl sites for hydroxylation is 1. The zero-order valence-electron chi connectivity index (χ0n) is 9.49. The number of methoxy groups -OCH3 is 1. The van der Waals surface area contributed by atoms with Crippen LogP contribution < -0.4 is 5.32 Å². The molecule has 84 valence electrons. The standard InChI is InChI=1S/C11H18N2OS/c1-7-6-12-11(15-7)8(2)13-9-4-10(5-9)14-3/h6,8-10,13H,4-5H2,1-3H3. The minimum Gasteiger partial charge on any atom is -0.381 e. The first kappa shape index (κ1) is 11.0. The molecule has 0 saturated heterocycles. The Hall–Kier alpha value is -0.450. The fraction of sp³-hybridized carbons (Fsp3) is 0.727. The van der Waals surface area contributed by atoms with Gasteiger partial charge >= 0.3 is 0 Å². The van der Waals surface area contributed by atoms with Crippen LogP contribution in [0.1, 0.15) is 35.7 Å². The van der Waals surface area contributed by atoms with Crippen molar-refractivity contribution in [3.8, 4) is 0 Å². The monoisotopic (exact) mass is 226 g/mol. The van der Waals surface area contributed by atoms with E-state index in [1.165, 1.54) is 9.88 Å². The van der Waals surface area contributed by atoms with E-state index in [1.54, 1.807) is 18.4 Å². The van der Waals surface area contributed by atoms with Crippen LogP contribution in [0, 0.1) is 6.92 Å². The summed E-state index contributed by atoms with van der Waals surface area (Å²) in [5.41, 5.74) is 0. The quantitative estimate of drug-likeness (QED) is 0.855. The molecule has 1 unspecified atom stereocenters.